The van der Waals surface area contributed by atoms with Crippen LogP contribution in [0.3, 0.4) is 0 Å². The van der Waals surface area contributed by atoms with E-state index in [1.807, 2.05) is 43.8 Å². The van der Waals surface area contributed by atoms with Crippen LogP contribution in [0.1, 0.15) is 12.5 Å². The lowest BCUT2D eigenvalue weighted by Gasteiger charge is -2.12. The lowest BCUT2D eigenvalue weighted by Crippen LogP contribution is -2.22. The largest absolute Gasteiger partial charge is 0.329 e. The smallest absolute Gasteiger partial charge is 0.237 e. The van der Waals surface area contributed by atoms with Crippen LogP contribution in [-0.4, -0.2) is 20.7 Å². The average molecular weight is 310 g/mol. The van der Waals surface area contributed by atoms with Gasteiger partial charge in [-0.3, -0.25) is 4.79 Å². The maximum absolute atomic E-state index is 12.1. The van der Waals surface area contributed by atoms with Crippen LogP contribution in [0, 0.1) is 6.92 Å². The summed E-state index contributed by atoms with van der Waals surface area (Å²) in [7, 11) is 1.90. The van der Waals surface area contributed by atoms with Crippen molar-refractivity contribution in [2.75, 3.05) is 5.32 Å². The van der Waals surface area contributed by atoms with Gasteiger partial charge in [0.25, 0.3) is 0 Å². The van der Waals surface area contributed by atoms with Gasteiger partial charge in [0, 0.05) is 30.2 Å². The number of anilines is 1. The predicted octanol–water partition coefficient (Wildman–Crippen LogP) is 3.50. The Labute approximate surface area is 127 Å². The Bertz CT molecular complexity index is 627. The van der Waals surface area contributed by atoms with Crippen molar-refractivity contribution in [1.82, 2.24) is 9.55 Å². The number of carbonyl (C=O) groups is 1. The van der Waals surface area contributed by atoms with Crippen LogP contribution in [0.4, 0.5) is 5.69 Å². The van der Waals surface area contributed by atoms with Gasteiger partial charge in [-0.15, -0.1) is 0 Å². The third-order valence-corrected chi connectivity index (χ3v) is 4.45. The van der Waals surface area contributed by atoms with Gasteiger partial charge in [0.1, 0.15) is 0 Å². The second kappa shape index (κ2) is 6.33. The van der Waals surface area contributed by atoms with Gasteiger partial charge in [-0.2, -0.15) is 0 Å². The number of benzene rings is 1. The van der Waals surface area contributed by atoms with Crippen LogP contribution in [0.2, 0.25) is 5.02 Å². The molecular weight excluding hydrogens is 294 g/mol. The second-order valence-corrected chi connectivity index (χ2v) is 6.25. The summed E-state index contributed by atoms with van der Waals surface area (Å²) in [5, 5.41) is 4.08. The van der Waals surface area contributed by atoms with Gasteiger partial charge >= 0.3 is 0 Å². The molecular formula is C14H16ClN3OS. The molecule has 1 unspecified atom stereocenters. The molecule has 4 nitrogen and oxygen atoms in total. The van der Waals surface area contributed by atoms with Crippen molar-refractivity contribution >= 4 is 35.0 Å². The molecule has 0 bridgehead atoms. The van der Waals surface area contributed by atoms with Crippen molar-refractivity contribution in [2.24, 2.45) is 7.05 Å². The first kappa shape index (κ1) is 14.9. The molecule has 1 atom stereocenters. The monoisotopic (exact) mass is 309 g/mol. The average Bonchev–Trinajstić information content (AvgIpc) is 2.79. The standard InChI is InChI=1S/C14H16ClN3OS/c1-9-4-5-11(8-12(9)15)17-13(19)10(2)20-14-16-6-7-18(14)3/h4-8,10H,1-3H3,(H,17,19). The van der Waals surface area contributed by atoms with Crippen molar-refractivity contribution in [3.05, 3.63) is 41.2 Å². The van der Waals surface area contributed by atoms with E-state index in [9.17, 15) is 4.79 Å². The summed E-state index contributed by atoms with van der Waals surface area (Å²) in [5.74, 6) is -0.0714. The lowest BCUT2D eigenvalue weighted by molar-refractivity contribution is -0.115. The maximum Gasteiger partial charge on any atom is 0.237 e. The molecule has 20 heavy (non-hydrogen) atoms. The third kappa shape index (κ3) is 3.55. The molecule has 106 valence electrons. The number of halogens is 1. The quantitative estimate of drug-likeness (QED) is 0.879. The molecule has 0 saturated heterocycles. The van der Waals surface area contributed by atoms with E-state index in [1.165, 1.54) is 11.8 Å². The molecule has 0 aliphatic carbocycles. The van der Waals surface area contributed by atoms with Gasteiger partial charge in [0.15, 0.2) is 5.16 Å². The molecule has 1 heterocycles. The molecule has 0 saturated carbocycles. The zero-order valence-corrected chi connectivity index (χ0v) is 13.1. The van der Waals surface area contributed by atoms with Crippen molar-refractivity contribution in [3.8, 4) is 0 Å². The summed E-state index contributed by atoms with van der Waals surface area (Å²) in [6, 6.07) is 5.48. The number of aromatic nitrogens is 2. The van der Waals surface area contributed by atoms with Crippen LogP contribution in [0.15, 0.2) is 35.7 Å². The molecule has 6 heteroatoms. The molecule has 2 aromatic rings. The molecule has 1 aromatic carbocycles. The highest BCUT2D eigenvalue weighted by molar-refractivity contribution is 8.00. The van der Waals surface area contributed by atoms with Crippen molar-refractivity contribution in [1.29, 1.82) is 0 Å². The molecule has 1 amide bonds. The van der Waals surface area contributed by atoms with E-state index in [0.29, 0.717) is 10.7 Å². The number of hydrogen-bond acceptors (Lipinski definition) is 3. The summed E-state index contributed by atoms with van der Waals surface area (Å²) in [6.45, 7) is 3.78. The first-order valence-corrected chi connectivity index (χ1v) is 7.44. The minimum absolute atomic E-state index is 0.0714. The molecule has 0 fully saturated rings. The Balaban J connectivity index is 2.00. The zero-order chi connectivity index (χ0) is 14.7. The number of nitrogens with zero attached hydrogens (tertiary/aromatic N) is 2. The van der Waals surface area contributed by atoms with E-state index in [1.54, 1.807) is 12.3 Å². The Kier molecular flexibility index (Phi) is 4.73. The van der Waals surface area contributed by atoms with Crippen LogP contribution >= 0.6 is 23.4 Å². The molecule has 0 spiro atoms. The maximum atomic E-state index is 12.1. The highest BCUT2D eigenvalue weighted by Gasteiger charge is 2.16. The van der Waals surface area contributed by atoms with E-state index < -0.39 is 0 Å². The Hall–Kier alpha value is -1.46. The van der Waals surface area contributed by atoms with E-state index >= 15 is 0 Å². The number of carbonyl (C=O) groups excluding carboxylic acids is 1. The fourth-order valence-corrected chi connectivity index (χ4v) is 2.60. The SMILES string of the molecule is Cc1ccc(NC(=O)C(C)Sc2nccn2C)cc1Cl. The third-order valence-electron chi connectivity index (χ3n) is 2.87. The molecule has 0 radical (unpaired) electrons. The van der Waals surface area contributed by atoms with Crippen molar-refractivity contribution < 1.29 is 4.79 Å². The highest BCUT2D eigenvalue weighted by atomic mass is 35.5. The van der Waals surface area contributed by atoms with Crippen LogP contribution in [-0.2, 0) is 11.8 Å². The number of amides is 1. The van der Waals surface area contributed by atoms with Crippen LogP contribution in [0.5, 0.6) is 0 Å². The van der Waals surface area contributed by atoms with Crippen molar-refractivity contribution in [3.63, 3.8) is 0 Å². The molecule has 1 N–H and O–H groups in total. The van der Waals surface area contributed by atoms with Gasteiger partial charge in [-0.1, -0.05) is 29.4 Å². The number of hydrogen-bond donors (Lipinski definition) is 1. The summed E-state index contributed by atoms with van der Waals surface area (Å²) >= 11 is 7.46. The molecule has 0 aliphatic rings. The number of thioether (sulfide) groups is 1. The van der Waals surface area contributed by atoms with Crippen LogP contribution in [0.25, 0.3) is 0 Å². The first-order chi connectivity index (χ1) is 9.47. The van der Waals surface area contributed by atoms with Crippen molar-refractivity contribution in [2.45, 2.75) is 24.3 Å². The predicted molar refractivity (Wildman–Crippen MR) is 83.3 cm³/mol. The summed E-state index contributed by atoms with van der Waals surface area (Å²) in [5.41, 5.74) is 1.69. The van der Waals surface area contributed by atoms with Gasteiger partial charge in [0.05, 0.1) is 5.25 Å². The minimum atomic E-state index is -0.240. The van der Waals surface area contributed by atoms with E-state index in [2.05, 4.69) is 10.3 Å². The Morgan fingerprint density at radius 1 is 1.50 bits per heavy atom. The summed E-state index contributed by atoms with van der Waals surface area (Å²) < 4.78 is 1.89. The zero-order valence-electron chi connectivity index (χ0n) is 11.6. The Morgan fingerprint density at radius 2 is 2.25 bits per heavy atom. The number of rotatable bonds is 4. The first-order valence-electron chi connectivity index (χ1n) is 6.18. The summed E-state index contributed by atoms with van der Waals surface area (Å²) in [6.07, 6.45) is 3.57. The minimum Gasteiger partial charge on any atom is -0.329 e. The molecule has 2 rings (SSSR count). The number of nitrogens with one attached hydrogen (secondary N) is 1. The van der Waals surface area contributed by atoms with Gasteiger partial charge in [-0.05, 0) is 31.5 Å². The van der Waals surface area contributed by atoms with Gasteiger partial charge < -0.3 is 9.88 Å². The number of aryl methyl sites for hydroxylation is 2. The Morgan fingerprint density at radius 3 is 2.85 bits per heavy atom. The molecule has 1 aromatic heterocycles. The molecule has 0 aliphatic heterocycles. The fraction of sp³-hybridized carbons (Fsp3) is 0.286. The van der Waals surface area contributed by atoms with E-state index in [4.69, 9.17) is 11.6 Å². The fourth-order valence-electron chi connectivity index (χ4n) is 1.59. The van der Waals surface area contributed by atoms with E-state index in [-0.39, 0.29) is 11.2 Å². The van der Waals surface area contributed by atoms with Gasteiger partial charge in [-0.25, -0.2) is 4.98 Å². The second-order valence-electron chi connectivity index (χ2n) is 4.53. The van der Waals surface area contributed by atoms with Gasteiger partial charge in [0.2, 0.25) is 5.91 Å². The normalized spacial score (nSPS) is 12.2. The highest BCUT2D eigenvalue weighted by Crippen LogP contribution is 2.24. The lowest BCUT2D eigenvalue weighted by atomic mass is 10.2. The topological polar surface area (TPSA) is 46.9 Å². The van der Waals surface area contributed by atoms with E-state index in [0.717, 1.165) is 10.7 Å². The number of imidazole rings is 1. The van der Waals surface area contributed by atoms with Crippen LogP contribution < -0.4 is 5.32 Å². The summed E-state index contributed by atoms with van der Waals surface area (Å²) in [4.78, 5) is 16.3.